The lowest BCUT2D eigenvalue weighted by molar-refractivity contribution is -0.139. The van der Waals surface area contributed by atoms with Crippen LogP contribution in [0.25, 0.3) is 0 Å². The summed E-state index contributed by atoms with van der Waals surface area (Å²) in [5.74, 6) is -0.0857. The summed E-state index contributed by atoms with van der Waals surface area (Å²) >= 11 is 0. The van der Waals surface area contributed by atoms with Crippen molar-refractivity contribution >= 4 is 11.8 Å². The van der Waals surface area contributed by atoms with Crippen LogP contribution in [0.2, 0.25) is 0 Å². The number of likely N-dealkylation sites (N-methyl/N-ethyl adjacent to an activating group) is 1. The third kappa shape index (κ3) is 2.45. The van der Waals surface area contributed by atoms with E-state index in [2.05, 4.69) is 10.6 Å². The molecule has 1 saturated heterocycles. The molecule has 0 bridgehead atoms. The van der Waals surface area contributed by atoms with Gasteiger partial charge in [-0.2, -0.15) is 0 Å². The van der Waals surface area contributed by atoms with E-state index in [9.17, 15) is 9.59 Å². The second-order valence-electron chi connectivity index (χ2n) is 3.35. The first kappa shape index (κ1) is 11.0. The molecule has 1 aliphatic heterocycles. The number of hydrogen-bond donors (Lipinski definition) is 2. The van der Waals surface area contributed by atoms with Crippen LogP contribution in [0.3, 0.4) is 0 Å². The highest BCUT2D eigenvalue weighted by molar-refractivity contribution is 5.87. The zero-order chi connectivity index (χ0) is 10.6. The van der Waals surface area contributed by atoms with Crippen LogP contribution in [0.4, 0.5) is 0 Å². The summed E-state index contributed by atoms with van der Waals surface area (Å²) in [6.45, 7) is 3.51. The van der Waals surface area contributed by atoms with E-state index in [1.165, 1.54) is 0 Å². The van der Waals surface area contributed by atoms with Gasteiger partial charge < -0.3 is 15.5 Å². The largest absolute Gasteiger partial charge is 0.358 e. The average molecular weight is 199 g/mol. The highest BCUT2D eigenvalue weighted by Gasteiger charge is 2.27. The van der Waals surface area contributed by atoms with E-state index in [0.717, 1.165) is 13.0 Å². The molecule has 0 aromatic heterocycles. The van der Waals surface area contributed by atoms with Crippen molar-refractivity contribution in [1.29, 1.82) is 0 Å². The Morgan fingerprint density at radius 3 is 3.00 bits per heavy atom. The van der Waals surface area contributed by atoms with Crippen molar-refractivity contribution in [3.05, 3.63) is 0 Å². The molecule has 0 spiro atoms. The molecule has 0 saturated carbocycles. The van der Waals surface area contributed by atoms with Crippen LogP contribution in [-0.4, -0.2) is 49.4 Å². The molecule has 5 nitrogen and oxygen atoms in total. The van der Waals surface area contributed by atoms with Gasteiger partial charge in [-0.3, -0.25) is 9.59 Å². The number of nitrogens with zero attached hydrogens (tertiary/aromatic N) is 1. The SMILES string of the molecule is CCC1NCCN(CC(=O)NC)C1=O. The van der Waals surface area contributed by atoms with Crippen molar-refractivity contribution < 1.29 is 9.59 Å². The van der Waals surface area contributed by atoms with Gasteiger partial charge in [0.05, 0.1) is 12.6 Å². The van der Waals surface area contributed by atoms with E-state index in [-0.39, 0.29) is 24.4 Å². The molecule has 80 valence electrons. The molecule has 5 heteroatoms. The second kappa shape index (κ2) is 4.95. The monoisotopic (exact) mass is 199 g/mol. The average Bonchev–Trinajstić information content (AvgIpc) is 2.21. The van der Waals surface area contributed by atoms with Gasteiger partial charge in [0, 0.05) is 20.1 Å². The van der Waals surface area contributed by atoms with Gasteiger partial charge in [-0.15, -0.1) is 0 Å². The van der Waals surface area contributed by atoms with Gasteiger partial charge in [-0.25, -0.2) is 0 Å². The molecular weight excluding hydrogens is 182 g/mol. The second-order valence-corrected chi connectivity index (χ2v) is 3.35. The summed E-state index contributed by atoms with van der Waals surface area (Å²) < 4.78 is 0. The predicted molar refractivity (Wildman–Crippen MR) is 52.7 cm³/mol. The molecule has 2 N–H and O–H groups in total. The smallest absolute Gasteiger partial charge is 0.240 e. The number of carbonyl (C=O) groups is 2. The maximum absolute atomic E-state index is 11.7. The highest BCUT2D eigenvalue weighted by Crippen LogP contribution is 2.03. The minimum absolute atomic E-state index is 0.0300. The van der Waals surface area contributed by atoms with Crippen molar-refractivity contribution in [2.75, 3.05) is 26.7 Å². The lowest BCUT2D eigenvalue weighted by Crippen LogP contribution is -2.56. The van der Waals surface area contributed by atoms with Crippen molar-refractivity contribution in [2.45, 2.75) is 19.4 Å². The minimum atomic E-state index is -0.117. The molecule has 2 amide bonds. The zero-order valence-corrected chi connectivity index (χ0v) is 8.67. The van der Waals surface area contributed by atoms with Crippen LogP contribution in [0.15, 0.2) is 0 Å². The molecule has 0 radical (unpaired) electrons. The maximum Gasteiger partial charge on any atom is 0.240 e. The molecule has 1 aliphatic rings. The summed E-state index contributed by atoms with van der Waals surface area (Å²) in [5, 5.41) is 5.63. The molecule has 1 atom stereocenters. The molecule has 0 aromatic rings. The Bertz CT molecular complexity index is 230. The molecule has 14 heavy (non-hydrogen) atoms. The first-order valence-corrected chi connectivity index (χ1v) is 4.91. The van der Waals surface area contributed by atoms with Crippen LogP contribution in [0.5, 0.6) is 0 Å². The van der Waals surface area contributed by atoms with Gasteiger partial charge in [0.1, 0.15) is 0 Å². The normalized spacial score (nSPS) is 22.3. The topological polar surface area (TPSA) is 61.4 Å². The van der Waals surface area contributed by atoms with Crippen molar-refractivity contribution in [3.63, 3.8) is 0 Å². The summed E-state index contributed by atoms with van der Waals surface area (Å²) in [6.07, 6.45) is 0.767. The Balaban J connectivity index is 2.52. The fourth-order valence-electron chi connectivity index (χ4n) is 1.52. The van der Waals surface area contributed by atoms with Gasteiger partial charge in [0.2, 0.25) is 11.8 Å². The Hall–Kier alpha value is -1.10. The number of amides is 2. The fourth-order valence-corrected chi connectivity index (χ4v) is 1.52. The minimum Gasteiger partial charge on any atom is -0.358 e. The molecule has 1 heterocycles. The van der Waals surface area contributed by atoms with E-state index in [1.54, 1.807) is 11.9 Å². The third-order valence-corrected chi connectivity index (χ3v) is 2.40. The molecule has 1 rings (SSSR count). The van der Waals surface area contributed by atoms with Gasteiger partial charge >= 0.3 is 0 Å². The Kier molecular flexibility index (Phi) is 3.88. The summed E-state index contributed by atoms with van der Waals surface area (Å²) in [7, 11) is 1.58. The van der Waals surface area contributed by atoms with Crippen molar-refractivity contribution in [1.82, 2.24) is 15.5 Å². The van der Waals surface area contributed by atoms with Gasteiger partial charge in [-0.05, 0) is 6.42 Å². The molecule has 0 aliphatic carbocycles. The standard InChI is InChI=1S/C9H17N3O2/c1-3-7-9(14)12(5-4-11-7)6-8(13)10-2/h7,11H,3-6H2,1-2H3,(H,10,13). The first-order valence-electron chi connectivity index (χ1n) is 4.91. The first-order chi connectivity index (χ1) is 6.69. The zero-order valence-electron chi connectivity index (χ0n) is 8.67. The Labute approximate surface area is 83.8 Å². The summed E-state index contributed by atoms with van der Waals surface area (Å²) in [4.78, 5) is 24.4. The molecular formula is C9H17N3O2. The number of nitrogens with one attached hydrogen (secondary N) is 2. The van der Waals surface area contributed by atoms with Crippen LogP contribution in [0.1, 0.15) is 13.3 Å². The van der Waals surface area contributed by atoms with E-state index in [4.69, 9.17) is 0 Å². The van der Waals surface area contributed by atoms with Gasteiger partial charge in [-0.1, -0.05) is 6.92 Å². The number of carbonyl (C=O) groups excluding carboxylic acids is 2. The van der Waals surface area contributed by atoms with Crippen LogP contribution >= 0.6 is 0 Å². The maximum atomic E-state index is 11.7. The quantitative estimate of drug-likeness (QED) is 0.609. The van der Waals surface area contributed by atoms with E-state index >= 15 is 0 Å². The summed E-state index contributed by atoms with van der Waals surface area (Å²) in [6, 6.07) is -0.117. The lowest BCUT2D eigenvalue weighted by atomic mass is 10.1. The van der Waals surface area contributed by atoms with Crippen LogP contribution in [-0.2, 0) is 9.59 Å². The van der Waals surface area contributed by atoms with Crippen LogP contribution < -0.4 is 10.6 Å². The van der Waals surface area contributed by atoms with E-state index in [0.29, 0.717) is 6.54 Å². The third-order valence-electron chi connectivity index (χ3n) is 2.40. The Morgan fingerprint density at radius 1 is 1.71 bits per heavy atom. The lowest BCUT2D eigenvalue weighted by Gasteiger charge is -2.32. The number of hydrogen-bond acceptors (Lipinski definition) is 3. The highest BCUT2D eigenvalue weighted by atomic mass is 16.2. The predicted octanol–water partition coefficient (Wildman–Crippen LogP) is -1.06. The Morgan fingerprint density at radius 2 is 2.43 bits per heavy atom. The van der Waals surface area contributed by atoms with Crippen LogP contribution in [0, 0.1) is 0 Å². The molecule has 1 unspecified atom stereocenters. The molecule has 1 fully saturated rings. The molecule has 0 aromatic carbocycles. The van der Waals surface area contributed by atoms with Crippen molar-refractivity contribution in [3.8, 4) is 0 Å². The number of rotatable bonds is 3. The van der Waals surface area contributed by atoms with Gasteiger partial charge in [0.25, 0.3) is 0 Å². The van der Waals surface area contributed by atoms with E-state index in [1.807, 2.05) is 6.92 Å². The number of piperazine rings is 1. The fraction of sp³-hybridized carbons (Fsp3) is 0.778. The summed E-state index contributed by atoms with van der Waals surface area (Å²) in [5.41, 5.74) is 0. The van der Waals surface area contributed by atoms with Gasteiger partial charge in [0.15, 0.2) is 0 Å². The van der Waals surface area contributed by atoms with Crippen molar-refractivity contribution in [2.24, 2.45) is 0 Å². The van der Waals surface area contributed by atoms with E-state index < -0.39 is 0 Å².